The van der Waals surface area contributed by atoms with Crippen molar-refractivity contribution in [2.75, 3.05) is 5.32 Å². The smallest absolute Gasteiger partial charge is 0.387 e. The van der Waals surface area contributed by atoms with Crippen molar-refractivity contribution >= 4 is 22.9 Å². The van der Waals surface area contributed by atoms with E-state index < -0.39 is 12.5 Å². The number of thiophene rings is 1. The molecule has 3 rings (SSSR count). The Morgan fingerprint density at radius 1 is 1.26 bits per heavy atom. The lowest BCUT2D eigenvalue weighted by Gasteiger charge is -2.10. The van der Waals surface area contributed by atoms with Crippen molar-refractivity contribution in [1.29, 1.82) is 0 Å². The zero-order valence-corrected chi connectivity index (χ0v) is 12.4. The van der Waals surface area contributed by atoms with E-state index in [2.05, 4.69) is 20.3 Å². The predicted molar refractivity (Wildman–Crippen MR) is 82.9 cm³/mol. The van der Waals surface area contributed by atoms with Gasteiger partial charge in [0.15, 0.2) is 5.69 Å². The van der Waals surface area contributed by atoms with Gasteiger partial charge in [-0.25, -0.2) is 0 Å². The third-order valence-electron chi connectivity index (χ3n) is 2.95. The highest BCUT2D eigenvalue weighted by Gasteiger charge is 2.15. The van der Waals surface area contributed by atoms with Gasteiger partial charge in [-0.1, -0.05) is 18.2 Å². The Morgan fingerprint density at radius 3 is 2.83 bits per heavy atom. The van der Waals surface area contributed by atoms with Crippen LogP contribution in [0.4, 0.5) is 14.5 Å². The van der Waals surface area contributed by atoms with Crippen LogP contribution < -0.4 is 10.1 Å². The lowest BCUT2D eigenvalue weighted by molar-refractivity contribution is -0.0493. The fourth-order valence-corrected chi connectivity index (χ4v) is 2.64. The number of benzene rings is 1. The van der Waals surface area contributed by atoms with Crippen LogP contribution >= 0.6 is 11.3 Å². The topological polar surface area (TPSA) is 67.0 Å². The molecule has 118 valence electrons. The SMILES string of the molecule is O=C(Nc1ccccc1OC(F)F)c1cc(-c2cccs2)[nH]n1. The molecule has 0 unspecified atom stereocenters. The zero-order valence-electron chi connectivity index (χ0n) is 11.6. The van der Waals surface area contributed by atoms with E-state index >= 15 is 0 Å². The minimum absolute atomic E-state index is 0.107. The summed E-state index contributed by atoms with van der Waals surface area (Å²) >= 11 is 1.51. The van der Waals surface area contributed by atoms with E-state index in [0.29, 0.717) is 5.69 Å². The highest BCUT2D eigenvalue weighted by Crippen LogP contribution is 2.27. The Bertz CT molecular complexity index is 803. The maximum absolute atomic E-state index is 12.4. The Labute approximate surface area is 133 Å². The summed E-state index contributed by atoms with van der Waals surface area (Å²) in [6.07, 6.45) is 0. The quantitative estimate of drug-likeness (QED) is 0.741. The van der Waals surface area contributed by atoms with Crippen molar-refractivity contribution in [3.05, 3.63) is 53.5 Å². The number of carbonyl (C=O) groups is 1. The van der Waals surface area contributed by atoms with Gasteiger partial charge in [-0.15, -0.1) is 11.3 Å². The molecule has 0 aliphatic heterocycles. The van der Waals surface area contributed by atoms with E-state index in [4.69, 9.17) is 0 Å². The number of anilines is 1. The van der Waals surface area contributed by atoms with Crippen molar-refractivity contribution in [2.24, 2.45) is 0 Å². The van der Waals surface area contributed by atoms with Crippen LogP contribution in [0.2, 0.25) is 0 Å². The maximum atomic E-state index is 12.4. The molecule has 1 amide bonds. The molecular weight excluding hydrogens is 324 g/mol. The Hall–Kier alpha value is -2.74. The van der Waals surface area contributed by atoms with Gasteiger partial charge in [-0.2, -0.15) is 13.9 Å². The van der Waals surface area contributed by atoms with Crippen LogP contribution in [0.15, 0.2) is 47.8 Å². The number of alkyl halides is 2. The molecule has 1 aromatic carbocycles. The number of nitrogens with one attached hydrogen (secondary N) is 2. The molecule has 5 nitrogen and oxygen atoms in total. The number of ether oxygens (including phenoxy) is 1. The summed E-state index contributed by atoms with van der Waals surface area (Å²) in [4.78, 5) is 13.1. The number of hydrogen-bond acceptors (Lipinski definition) is 4. The molecule has 2 aromatic heterocycles. The van der Waals surface area contributed by atoms with Gasteiger partial charge in [0.25, 0.3) is 5.91 Å². The van der Waals surface area contributed by atoms with Crippen LogP contribution in [-0.2, 0) is 0 Å². The highest BCUT2D eigenvalue weighted by atomic mass is 32.1. The van der Waals surface area contributed by atoms with E-state index in [9.17, 15) is 13.6 Å². The molecule has 0 saturated carbocycles. The second kappa shape index (κ2) is 6.57. The number of para-hydroxylation sites is 2. The number of aromatic nitrogens is 2. The lowest BCUT2D eigenvalue weighted by atomic mass is 10.2. The summed E-state index contributed by atoms with van der Waals surface area (Å²) in [7, 11) is 0. The number of halogens is 2. The standard InChI is InChI=1S/C15H11F2N3O2S/c16-15(17)22-12-5-2-1-4-9(12)18-14(21)11-8-10(19-20-11)13-6-3-7-23-13/h1-8,15H,(H,18,21)(H,19,20). The first-order valence-electron chi connectivity index (χ1n) is 6.58. The third-order valence-corrected chi connectivity index (χ3v) is 3.85. The van der Waals surface area contributed by atoms with E-state index in [-0.39, 0.29) is 17.1 Å². The first kappa shape index (κ1) is 15.2. The van der Waals surface area contributed by atoms with Crippen LogP contribution in [0.5, 0.6) is 5.75 Å². The highest BCUT2D eigenvalue weighted by molar-refractivity contribution is 7.13. The first-order valence-corrected chi connectivity index (χ1v) is 7.46. The largest absolute Gasteiger partial charge is 0.433 e. The maximum Gasteiger partial charge on any atom is 0.387 e. The Morgan fingerprint density at radius 2 is 2.09 bits per heavy atom. The van der Waals surface area contributed by atoms with Gasteiger partial charge < -0.3 is 10.1 Å². The average Bonchev–Trinajstić information content (AvgIpc) is 3.19. The van der Waals surface area contributed by atoms with Gasteiger partial charge in [-0.05, 0) is 29.6 Å². The number of nitrogens with zero attached hydrogens (tertiary/aromatic N) is 1. The number of aromatic amines is 1. The average molecular weight is 335 g/mol. The summed E-state index contributed by atoms with van der Waals surface area (Å²) in [5, 5.41) is 11.1. The molecular formula is C15H11F2N3O2S. The molecule has 0 bridgehead atoms. The molecule has 2 N–H and O–H groups in total. The predicted octanol–water partition coefficient (Wildman–Crippen LogP) is 3.99. The van der Waals surface area contributed by atoms with Gasteiger partial charge >= 0.3 is 6.61 Å². The normalized spacial score (nSPS) is 10.7. The zero-order chi connectivity index (χ0) is 16.2. The van der Waals surface area contributed by atoms with Crippen molar-refractivity contribution in [2.45, 2.75) is 6.61 Å². The molecule has 0 saturated heterocycles. The summed E-state index contributed by atoms with van der Waals surface area (Å²) in [5.41, 5.74) is 1.01. The van der Waals surface area contributed by atoms with Crippen LogP contribution in [0.25, 0.3) is 10.6 Å². The van der Waals surface area contributed by atoms with Gasteiger partial charge in [0.05, 0.1) is 16.3 Å². The van der Waals surface area contributed by atoms with Crippen LogP contribution in [0.3, 0.4) is 0 Å². The van der Waals surface area contributed by atoms with Gasteiger partial charge in [-0.3, -0.25) is 9.89 Å². The van der Waals surface area contributed by atoms with Crippen molar-refractivity contribution < 1.29 is 18.3 Å². The molecule has 0 radical (unpaired) electrons. The second-order valence-electron chi connectivity index (χ2n) is 4.47. The van der Waals surface area contributed by atoms with Crippen molar-refractivity contribution in [3.8, 4) is 16.3 Å². The molecule has 0 spiro atoms. The van der Waals surface area contributed by atoms with Crippen LogP contribution in [0, 0.1) is 0 Å². The van der Waals surface area contributed by atoms with E-state index in [1.165, 1.54) is 29.5 Å². The Balaban J connectivity index is 1.77. The molecule has 2 heterocycles. The lowest BCUT2D eigenvalue weighted by Crippen LogP contribution is -2.14. The number of rotatable bonds is 5. The number of carbonyl (C=O) groups excluding carboxylic acids is 1. The molecule has 0 atom stereocenters. The van der Waals surface area contributed by atoms with Crippen LogP contribution in [-0.4, -0.2) is 22.7 Å². The summed E-state index contributed by atoms with van der Waals surface area (Å²) in [5.74, 6) is -0.626. The molecule has 0 fully saturated rings. The minimum Gasteiger partial charge on any atom is -0.433 e. The Kier molecular flexibility index (Phi) is 4.33. The monoisotopic (exact) mass is 335 g/mol. The summed E-state index contributed by atoms with van der Waals surface area (Å²) in [6.45, 7) is -2.97. The summed E-state index contributed by atoms with van der Waals surface area (Å²) in [6, 6.07) is 11.3. The van der Waals surface area contributed by atoms with Crippen molar-refractivity contribution in [3.63, 3.8) is 0 Å². The second-order valence-corrected chi connectivity index (χ2v) is 5.42. The molecule has 8 heteroatoms. The molecule has 0 aliphatic carbocycles. The molecule has 3 aromatic rings. The van der Waals surface area contributed by atoms with Gasteiger partial charge in [0.1, 0.15) is 5.75 Å². The van der Waals surface area contributed by atoms with E-state index in [0.717, 1.165) is 4.88 Å². The molecule has 23 heavy (non-hydrogen) atoms. The van der Waals surface area contributed by atoms with E-state index in [1.54, 1.807) is 12.1 Å². The number of hydrogen-bond donors (Lipinski definition) is 2. The fraction of sp³-hybridized carbons (Fsp3) is 0.0667. The third kappa shape index (κ3) is 3.54. The van der Waals surface area contributed by atoms with Gasteiger partial charge in [0.2, 0.25) is 0 Å². The molecule has 0 aliphatic rings. The number of amides is 1. The summed E-state index contributed by atoms with van der Waals surface area (Å²) < 4.78 is 29.1. The van der Waals surface area contributed by atoms with Crippen molar-refractivity contribution in [1.82, 2.24) is 10.2 Å². The van der Waals surface area contributed by atoms with E-state index in [1.807, 2.05) is 17.5 Å². The van der Waals surface area contributed by atoms with Gasteiger partial charge in [0, 0.05) is 0 Å². The first-order chi connectivity index (χ1) is 11.1. The number of H-pyrrole nitrogens is 1. The fourth-order valence-electron chi connectivity index (χ4n) is 1.95. The van der Waals surface area contributed by atoms with Crippen LogP contribution in [0.1, 0.15) is 10.5 Å². The minimum atomic E-state index is -2.97.